The van der Waals surface area contributed by atoms with Crippen LogP contribution in [0.1, 0.15) is 44.9 Å². The van der Waals surface area contributed by atoms with Gasteiger partial charge in [0.05, 0.1) is 3.79 Å². The second-order valence-electron chi connectivity index (χ2n) is 6.18. The maximum absolute atomic E-state index is 12.8. The van der Waals surface area contributed by atoms with Gasteiger partial charge >= 0.3 is 0 Å². The molecule has 1 amide bonds. The number of hydrogen-bond donors (Lipinski definition) is 1. The molecule has 1 aliphatic carbocycles. The fourth-order valence-electron chi connectivity index (χ4n) is 3.39. The fourth-order valence-corrected chi connectivity index (χ4v) is 7.18. The lowest BCUT2D eigenvalue weighted by Crippen LogP contribution is -2.49. The van der Waals surface area contributed by atoms with Gasteiger partial charge in [-0.25, -0.2) is 8.42 Å². The summed E-state index contributed by atoms with van der Waals surface area (Å²) >= 11 is 4.49. The van der Waals surface area contributed by atoms with Gasteiger partial charge in [-0.15, -0.1) is 11.3 Å². The molecular formula is C15H21BrN2O3S2. The molecule has 0 bridgehead atoms. The smallest absolute Gasteiger partial charge is 0.253 e. The lowest BCUT2D eigenvalue weighted by Gasteiger charge is -2.27. The Morgan fingerprint density at radius 3 is 2.57 bits per heavy atom. The molecular weight excluding hydrogens is 400 g/mol. The van der Waals surface area contributed by atoms with Gasteiger partial charge in [-0.1, -0.05) is 19.3 Å². The molecule has 0 spiro atoms. The van der Waals surface area contributed by atoms with Crippen LogP contribution in [0.5, 0.6) is 0 Å². The molecule has 128 valence electrons. The first-order valence-corrected chi connectivity index (χ1v) is 11.1. The number of thiophene rings is 1. The molecule has 0 unspecified atom stereocenters. The van der Waals surface area contributed by atoms with Gasteiger partial charge < -0.3 is 5.32 Å². The third kappa shape index (κ3) is 3.81. The number of carbonyl (C=O) groups excluding carboxylic acids is 1. The van der Waals surface area contributed by atoms with Crippen molar-refractivity contribution in [2.45, 2.75) is 61.2 Å². The molecule has 1 saturated carbocycles. The molecule has 1 N–H and O–H groups in total. The molecule has 3 rings (SSSR count). The second kappa shape index (κ2) is 7.21. The Morgan fingerprint density at radius 2 is 1.91 bits per heavy atom. The highest BCUT2D eigenvalue weighted by molar-refractivity contribution is 9.11. The van der Waals surface area contributed by atoms with Crippen LogP contribution in [0.25, 0.3) is 0 Å². The first kappa shape index (κ1) is 17.4. The summed E-state index contributed by atoms with van der Waals surface area (Å²) < 4.78 is 28.0. The standard InChI is InChI=1S/C15H21BrN2O3S2/c16-13-8-9-14(22-13)23(20,21)18-10-4-7-12(18)15(19)17-11-5-2-1-3-6-11/h8-9,11-12H,1-7,10H2,(H,17,19)/t12-/m1/s1. The van der Waals surface area contributed by atoms with Gasteiger partial charge in [-0.05, 0) is 53.7 Å². The van der Waals surface area contributed by atoms with Crippen LogP contribution >= 0.6 is 27.3 Å². The van der Waals surface area contributed by atoms with E-state index in [1.54, 1.807) is 12.1 Å². The van der Waals surface area contributed by atoms with Crippen LogP contribution in [-0.2, 0) is 14.8 Å². The Morgan fingerprint density at radius 1 is 1.17 bits per heavy atom. The van der Waals surface area contributed by atoms with E-state index in [2.05, 4.69) is 21.2 Å². The second-order valence-corrected chi connectivity index (χ2v) is 10.8. The third-order valence-electron chi connectivity index (χ3n) is 4.57. The molecule has 1 aliphatic heterocycles. The summed E-state index contributed by atoms with van der Waals surface area (Å²) in [5.74, 6) is -0.131. The Balaban J connectivity index is 1.73. The predicted molar refractivity (Wildman–Crippen MR) is 93.9 cm³/mol. The Bertz CT molecular complexity index is 668. The number of halogens is 1. The number of nitrogens with zero attached hydrogens (tertiary/aromatic N) is 1. The van der Waals surface area contributed by atoms with E-state index in [4.69, 9.17) is 0 Å². The molecule has 1 aromatic rings. The Labute approximate surface area is 149 Å². The van der Waals surface area contributed by atoms with E-state index < -0.39 is 16.1 Å². The molecule has 1 aromatic heterocycles. The van der Waals surface area contributed by atoms with E-state index in [-0.39, 0.29) is 11.9 Å². The molecule has 1 atom stereocenters. The van der Waals surface area contributed by atoms with E-state index in [9.17, 15) is 13.2 Å². The highest BCUT2D eigenvalue weighted by Gasteiger charge is 2.40. The minimum Gasteiger partial charge on any atom is -0.352 e. The first-order valence-electron chi connectivity index (χ1n) is 8.06. The van der Waals surface area contributed by atoms with E-state index in [1.165, 1.54) is 22.1 Å². The maximum atomic E-state index is 12.8. The van der Waals surface area contributed by atoms with Crippen LogP contribution < -0.4 is 5.32 Å². The molecule has 23 heavy (non-hydrogen) atoms. The van der Waals surface area contributed by atoms with Gasteiger partial charge in [0.2, 0.25) is 5.91 Å². The van der Waals surface area contributed by atoms with Crippen molar-refractivity contribution in [3.05, 3.63) is 15.9 Å². The molecule has 8 heteroatoms. The van der Waals surface area contributed by atoms with E-state index in [0.29, 0.717) is 17.2 Å². The summed E-state index contributed by atoms with van der Waals surface area (Å²) in [4.78, 5) is 12.6. The van der Waals surface area contributed by atoms with Gasteiger partial charge in [0, 0.05) is 12.6 Å². The number of hydrogen-bond acceptors (Lipinski definition) is 4. The summed E-state index contributed by atoms with van der Waals surface area (Å²) in [6.07, 6.45) is 6.84. The van der Waals surface area contributed by atoms with Crippen molar-refractivity contribution in [3.8, 4) is 0 Å². The van der Waals surface area contributed by atoms with Crippen LogP contribution in [-0.4, -0.2) is 37.3 Å². The minimum absolute atomic E-state index is 0.131. The quantitative estimate of drug-likeness (QED) is 0.813. The lowest BCUT2D eigenvalue weighted by molar-refractivity contribution is -0.125. The number of carbonyl (C=O) groups is 1. The number of sulfonamides is 1. The zero-order valence-corrected chi connectivity index (χ0v) is 16.1. The molecule has 2 fully saturated rings. The van der Waals surface area contributed by atoms with Crippen molar-refractivity contribution in [2.24, 2.45) is 0 Å². The maximum Gasteiger partial charge on any atom is 0.253 e. The normalized spacial score (nSPS) is 24.0. The van der Waals surface area contributed by atoms with E-state index in [1.807, 2.05) is 0 Å². The summed E-state index contributed by atoms with van der Waals surface area (Å²) in [7, 11) is -3.59. The van der Waals surface area contributed by atoms with Crippen LogP contribution in [0.2, 0.25) is 0 Å². The molecule has 5 nitrogen and oxygen atoms in total. The summed E-state index contributed by atoms with van der Waals surface area (Å²) in [6, 6.07) is 2.96. The van der Waals surface area contributed by atoms with Crippen molar-refractivity contribution in [1.82, 2.24) is 9.62 Å². The van der Waals surface area contributed by atoms with Crippen molar-refractivity contribution in [1.29, 1.82) is 0 Å². The van der Waals surface area contributed by atoms with E-state index in [0.717, 1.165) is 35.9 Å². The zero-order valence-electron chi connectivity index (χ0n) is 12.8. The first-order chi connectivity index (χ1) is 11.0. The SMILES string of the molecule is O=C(NC1CCCCC1)[C@H]1CCCN1S(=O)(=O)c1ccc(Br)s1. The van der Waals surface area contributed by atoms with Crippen molar-refractivity contribution >= 4 is 43.2 Å². The highest BCUT2D eigenvalue weighted by atomic mass is 79.9. The average molecular weight is 421 g/mol. The average Bonchev–Trinajstić information content (AvgIpc) is 3.17. The van der Waals surface area contributed by atoms with Gasteiger partial charge in [0.25, 0.3) is 10.0 Å². The van der Waals surface area contributed by atoms with E-state index >= 15 is 0 Å². The molecule has 2 aliphatic rings. The van der Waals surface area contributed by atoms with Gasteiger partial charge in [-0.2, -0.15) is 4.31 Å². The van der Waals surface area contributed by atoms with Crippen molar-refractivity contribution < 1.29 is 13.2 Å². The third-order valence-corrected chi connectivity index (χ3v) is 8.57. The van der Waals surface area contributed by atoms with Crippen LogP contribution in [0.4, 0.5) is 0 Å². The highest BCUT2D eigenvalue weighted by Crippen LogP contribution is 2.32. The summed E-state index contributed by atoms with van der Waals surface area (Å²) in [5, 5.41) is 3.07. The number of amides is 1. The molecule has 0 aromatic carbocycles. The van der Waals surface area contributed by atoms with Crippen LogP contribution in [0.15, 0.2) is 20.1 Å². The minimum atomic E-state index is -3.59. The molecule has 1 saturated heterocycles. The summed E-state index contributed by atoms with van der Waals surface area (Å²) in [6.45, 7) is 0.417. The van der Waals surface area contributed by atoms with Gasteiger partial charge in [0.15, 0.2) is 0 Å². The van der Waals surface area contributed by atoms with Crippen molar-refractivity contribution in [2.75, 3.05) is 6.54 Å². The molecule has 0 radical (unpaired) electrons. The fraction of sp³-hybridized carbons (Fsp3) is 0.667. The van der Waals surface area contributed by atoms with Gasteiger partial charge in [0.1, 0.15) is 10.3 Å². The van der Waals surface area contributed by atoms with Crippen molar-refractivity contribution in [3.63, 3.8) is 0 Å². The summed E-state index contributed by atoms with van der Waals surface area (Å²) in [5.41, 5.74) is 0. The lowest BCUT2D eigenvalue weighted by atomic mass is 9.95. The van der Waals surface area contributed by atoms with Crippen LogP contribution in [0.3, 0.4) is 0 Å². The van der Waals surface area contributed by atoms with Crippen LogP contribution in [0, 0.1) is 0 Å². The number of nitrogens with one attached hydrogen (secondary N) is 1. The topological polar surface area (TPSA) is 66.5 Å². The predicted octanol–water partition coefficient (Wildman–Crippen LogP) is 3.11. The Kier molecular flexibility index (Phi) is 5.45. The number of rotatable bonds is 4. The monoisotopic (exact) mass is 420 g/mol. The molecule has 2 heterocycles. The van der Waals surface area contributed by atoms with Gasteiger partial charge in [-0.3, -0.25) is 4.79 Å². The zero-order chi connectivity index (χ0) is 16.4. The largest absolute Gasteiger partial charge is 0.352 e. The Hall–Kier alpha value is -0.440.